The monoisotopic (exact) mass is 404 g/mol. The van der Waals surface area contributed by atoms with Crippen LogP contribution >= 0.6 is 7.60 Å². The van der Waals surface area contributed by atoms with Crippen molar-refractivity contribution in [1.29, 1.82) is 0 Å². The third kappa shape index (κ3) is 4.04. The predicted octanol–water partition coefficient (Wildman–Crippen LogP) is 6.19. The van der Waals surface area contributed by atoms with Gasteiger partial charge >= 0.3 is 7.60 Å². The van der Waals surface area contributed by atoms with E-state index in [9.17, 15) is 8.96 Å². The van der Waals surface area contributed by atoms with E-state index in [1.165, 1.54) is 12.1 Å². The molecule has 0 saturated heterocycles. The van der Waals surface area contributed by atoms with Crippen molar-refractivity contribution >= 4 is 18.6 Å². The van der Waals surface area contributed by atoms with E-state index in [-0.39, 0.29) is 18.0 Å². The normalized spacial score (nSPS) is 12.2. The highest BCUT2D eigenvalue weighted by Crippen LogP contribution is 2.54. The average Bonchev–Trinajstić information content (AvgIpc) is 2.96. The molecule has 0 spiro atoms. The molecule has 0 atom stereocenters. The van der Waals surface area contributed by atoms with Crippen LogP contribution in [-0.4, -0.2) is 22.8 Å². The summed E-state index contributed by atoms with van der Waals surface area (Å²) in [5.41, 5.74) is 3.34. The average molecular weight is 404 g/mol. The number of benzene rings is 1. The smallest absolute Gasteiger partial charge is 0.326 e. The molecule has 0 unspecified atom stereocenters. The number of rotatable bonds is 8. The second-order valence-electron chi connectivity index (χ2n) is 6.77. The quantitative estimate of drug-likeness (QED) is 0.420. The molecule has 0 fully saturated rings. The van der Waals surface area contributed by atoms with Crippen LogP contribution in [0, 0.1) is 5.82 Å². The van der Waals surface area contributed by atoms with E-state index < -0.39 is 7.60 Å². The minimum atomic E-state index is -3.34. The highest BCUT2D eigenvalue weighted by Gasteiger charge is 2.31. The van der Waals surface area contributed by atoms with E-state index >= 15 is 0 Å². The fourth-order valence-electron chi connectivity index (χ4n) is 3.54. The van der Waals surface area contributed by atoms with Gasteiger partial charge in [0.15, 0.2) is 0 Å². The molecule has 150 valence electrons. The summed E-state index contributed by atoms with van der Waals surface area (Å²) in [6.07, 6.45) is 1.86. The van der Waals surface area contributed by atoms with Crippen LogP contribution in [-0.2, 0) is 19.8 Å². The van der Waals surface area contributed by atoms with Gasteiger partial charge in [0.25, 0.3) is 0 Å². The molecule has 3 rings (SSSR count). The van der Waals surface area contributed by atoms with Crippen LogP contribution < -0.4 is 0 Å². The molecule has 3 aromatic rings. The van der Waals surface area contributed by atoms with Crippen LogP contribution in [0.5, 0.6) is 0 Å². The minimum absolute atomic E-state index is 0.0818. The Kier molecular flexibility index (Phi) is 6.33. The molecule has 1 aromatic carbocycles. The molecule has 0 aliphatic rings. The number of pyridine rings is 1. The maximum atomic E-state index is 13.5. The van der Waals surface area contributed by atoms with Crippen LogP contribution in [0.3, 0.4) is 0 Å². The zero-order chi connectivity index (χ0) is 20.3. The Morgan fingerprint density at radius 3 is 2.32 bits per heavy atom. The Balaban J connectivity index is 2.29. The molecular formula is C21H26FN2O3P. The Bertz CT molecular complexity index is 989. The molecule has 0 saturated carbocycles. The lowest BCUT2D eigenvalue weighted by Gasteiger charge is -2.21. The lowest BCUT2D eigenvalue weighted by molar-refractivity contribution is 0.218. The first kappa shape index (κ1) is 20.7. The number of aromatic nitrogens is 2. The van der Waals surface area contributed by atoms with Gasteiger partial charge in [-0.1, -0.05) is 12.1 Å². The Morgan fingerprint density at radius 2 is 1.75 bits per heavy atom. The van der Waals surface area contributed by atoms with Gasteiger partial charge in [-0.15, -0.1) is 0 Å². The molecule has 28 heavy (non-hydrogen) atoms. The number of hydrogen-bond donors (Lipinski definition) is 0. The van der Waals surface area contributed by atoms with Crippen molar-refractivity contribution in [3.05, 3.63) is 54.1 Å². The molecule has 0 aliphatic heterocycles. The van der Waals surface area contributed by atoms with Gasteiger partial charge in [0.1, 0.15) is 11.5 Å². The maximum absolute atomic E-state index is 13.5. The first-order valence-electron chi connectivity index (χ1n) is 9.52. The minimum Gasteiger partial charge on any atom is -0.326 e. The molecule has 0 aliphatic carbocycles. The summed E-state index contributed by atoms with van der Waals surface area (Å²) in [6.45, 7) is 8.29. The molecule has 7 heteroatoms. The van der Waals surface area contributed by atoms with Crippen molar-refractivity contribution in [2.24, 2.45) is 0 Å². The van der Waals surface area contributed by atoms with Crippen LogP contribution in [0.4, 0.5) is 4.39 Å². The maximum Gasteiger partial charge on any atom is 0.336 e. The van der Waals surface area contributed by atoms with E-state index in [4.69, 9.17) is 9.05 Å². The summed E-state index contributed by atoms with van der Waals surface area (Å²) in [5.74, 6) is -0.301. The topological polar surface area (TPSA) is 53.3 Å². The lowest BCUT2D eigenvalue weighted by Crippen LogP contribution is -2.09. The summed E-state index contributed by atoms with van der Waals surface area (Å²) < 4.78 is 40.0. The highest BCUT2D eigenvalue weighted by molar-refractivity contribution is 7.53. The van der Waals surface area contributed by atoms with Gasteiger partial charge in [-0.25, -0.2) is 9.37 Å². The second-order valence-corrected chi connectivity index (χ2v) is 8.83. The lowest BCUT2D eigenvalue weighted by atomic mass is 10.0. The molecule has 0 N–H and O–H groups in total. The summed E-state index contributed by atoms with van der Waals surface area (Å²) in [4.78, 5) is 4.57. The summed E-state index contributed by atoms with van der Waals surface area (Å²) in [6, 6.07) is 10.3. The van der Waals surface area contributed by atoms with Crippen LogP contribution in [0.2, 0.25) is 0 Å². The van der Waals surface area contributed by atoms with Crippen molar-refractivity contribution in [3.63, 3.8) is 0 Å². The molecule has 0 amide bonds. The molecule has 0 radical (unpaired) electrons. The van der Waals surface area contributed by atoms with Gasteiger partial charge in [0, 0.05) is 28.9 Å². The zero-order valence-electron chi connectivity index (χ0n) is 16.7. The standard InChI is InChI=1S/C21H26FN2O3P/c1-5-26-28(25,27-6-2)14-19-20(16-9-11-17(22)12-10-16)18-8-7-13-23-21(18)24(19)15(3)4/h7-13,15H,5-6,14H2,1-4H3. The molecule has 2 aromatic heterocycles. The van der Waals surface area contributed by atoms with Crippen molar-refractivity contribution in [2.45, 2.75) is 39.9 Å². The van der Waals surface area contributed by atoms with Gasteiger partial charge in [-0.2, -0.15) is 0 Å². The first-order valence-corrected chi connectivity index (χ1v) is 11.2. The van der Waals surface area contributed by atoms with Crippen molar-refractivity contribution in [2.75, 3.05) is 13.2 Å². The molecule has 5 nitrogen and oxygen atoms in total. The molecule has 0 bridgehead atoms. The van der Waals surface area contributed by atoms with E-state index in [1.807, 2.05) is 12.1 Å². The van der Waals surface area contributed by atoms with Crippen LogP contribution in [0.25, 0.3) is 22.2 Å². The highest BCUT2D eigenvalue weighted by atomic mass is 31.2. The fraction of sp³-hybridized carbons (Fsp3) is 0.381. The number of fused-ring (bicyclic) bond motifs is 1. The largest absolute Gasteiger partial charge is 0.336 e. The Hall–Kier alpha value is -2.01. The van der Waals surface area contributed by atoms with E-state index in [0.717, 1.165) is 27.9 Å². The van der Waals surface area contributed by atoms with E-state index in [0.29, 0.717) is 13.2 Å². The van der Waals surface area contributed by atoms with Gasteiger partial charge in [0.2, 0.25) is 0 Å². The van der Waals surface area contributed by atoms with Crippen molar-refractivity contribution in [3.8, 4) is 11.1 Å². The van der Waals surface area contributed by atoms with Crippen molar-refractivity contribution in [1.82, 2.24) is 9.55 Å². The molecular weight excluding hydrogens is 378 g/mol. The summed E-state index contributed by atoms with van der Waals surface area (Å²) >= 11 is 0. The summed E-state index contributed by atoms with van der Waals surface area (Å²) in [5, 5.41) is 0.928. The molecule has 2 heterocycles. The van der Waals surface area contributed by atoms with Crippen molar-refractivity contribution < 1.29 is 18.0 Å². The van der Waals surface area contributed by atoms with E-state index in [2.05, 4.69) is 23.4 Å². The van der Waals surface area contributed by atoms with Gasteiger partial charge < -0.3 is 13.6 Å². The number of hydrogen-bond acceptors (Lipinski definition) is 4. The number of nitrogens with zero attached hydrogens (tertiary/aromatic N) is 2. The van der Waals surface area contributed by atoms with Crippen LogP contribution in [0.15, 0.2) is 42.6 Å². The first-order chi connectivity index (χ1) is 13.4. The third-order valence-corrected chi connectivity index (χ3v) is 6.50. The third-order valence-electron chi connectivity index (χ3n) is 4.51. The fourth-order valence-corrected chi connectivity index (χ4v) is 5.26. The number of halogens is 1. The van der Waals surface area contributed by atoms with Gasteiger partial charge in [-0.05, 0) is 57.5 Å². The Labute approximate surface area is 165 Å². The van der Waals surface area contributed by atoms with Gasteiger partial charge in [-0.3, -0.25) is 4.57 Å². The van der Waals surface area contributed by atoms with E-state index in [1.54, 1.807) is 32.2 Å². The second kappa shape index (κ2) is 8.56. The summed E-state index contributed by atoms with van der Waals surface area (Å²) in [7, 11) is -3.34. The van der Waals surface area contributed by atoms with Crippen LogP contribution in [0.1, 0.15) is 39.4 Å². The van der Waals surface area contributed by atoms with Gasteiger partial charge in [0.05, 0.1) is 19.4 Å². The zero-order valence-corrected chi connectivity index (χ0v) is 17.6. The Morgan fingerprint density at radius 1 is 1.11 bits per heavy atom. The SMILES string of the molecule is CCOP(=O)(Cc1c(-c2ccc(F)cc2)c2cccnc2n1C(C)C)OCC. The predicted molar refractivity (Wildman–Crippen MR) is 110 cm³/mol.